The number of aromatic nitrogens is 5. The number of rotatable bonds is 9. The van der Waals surface area contributed by atoms with E-state index in [0.717, 1.165) is 4.68 Å². The van der Waals surface area contributed by atoms with Crippen LogP contribution < -0.4 is 31.0 Å². The molecule has 0 saturated carbocycles. The zero-order valence-corrected chi connectivity index (χ0v) is 19.6. The maximum atomic E-state index is 15.8. The van der Waals surface area contributed by atoms with Gasteiger partial charge in [-0.05, 0) is 36.4 Å². The zero-order chi connectivity index (χ0) is 25.8. The number of nitrogen functional groups attached to an aromatic ring is 1. The SMILES string of the molecule is COc1cc([C@H](Nc2ccc(C(=N)N)cc2)c2nn(-c3ncccn3)c(=O)[nH]2)c(F)c(OC)c1OC. The number of anilines is 1. The molecule has 2 aromatic carbocycles. The number of H-pyrrole nitrogens is 1. The lowest BCUT2D eigenvalue weighted by Crippen LogP contribution is -2.18. The summed E-state index contributed by atoms with van der Waals surface area (Å²) in [4.78, 5) is 23.5. The summed E-state index contributed by atoms with van der Waals surface area (Å²) in [5, 5.41) is 15.1. The van der Waals surface area contributed by atoms with Crippen molar-refractivity contribution < 1.29 is 18.6 Å². The number of amidine groups is 1. The van der Waals surface area contributed by atoms with E-state index in [1.54, 1.807) is 30.3 Å². The first-order valence-electron chi connectivity index (χ1n) is 10.5. The third kappa shape index (κ3) is 4.53. The van der Waals surface area contributed by atoms with Crippen LogP contribution in [0.5, 0.6) is 17.2 Å². The summed E-state index contributed by atoms with van der Waals surface area (Å²) in [6.45, 7) is 0. The monoisotopic (exact) mass is 494 g/mol. The second kappa shape index (κ2) is 10.1. The minimum atomic E-state index is -1.03. The fraction of sp³-hybridized carbons (Fsp3) is 0.174. The molecule has 0 unspecified atom stereocenters. The number of ether oxygens (including phenoxy) is 3. The predicted molar refractivity (Wildman–Crippen MR) is 129 cm³/mol. The Hall–Kier alpha value is -4.94. The number of nitrogens with two attached hydrogens (primary N) is 1. The van der Waals surface area contributed by atoms with E-state index in [2.05, 4.69) is 25.4 Å². The molecule has 0 radical (unpaired) electrons. The Morgan fingerprint density at radius 3 is 2.36 bits per heavy atom. The topological polar surface area (TPSA) is 166 Å². The minimum Gasteiger partial charge on any atom is -0.493 e. The van der Waals surface area contributed by atoms with E-state index >= 15 is 4.39 Å². The zero-order valence-electron chi connectivity index (χ0n) is 19.6. The quantitative estimate of drug-likeness (QED) is 0.201. The number of nitrogens with zero attached hydrogens (tertiary/aromatic N) is 4. The number of hydrogen-bond acceptors (Lipinski definition) is 9. The van der Waals surface area contributed by atoms with Crippen molar-refractivity contribution in [3.8, 4) is 23.2 Å². The van der Waals surface area contributed by atoms with Crippen LogP contribution in [-0.4, -0.2) is 51.9 Å². The molecule has 12 nitrogen and oxygen atoms in total. The summed E-state index contributed by atoms with van der Waals surface area (Å²) in [6, 6.07) is 8.58. The molecule has 0 spiro atoms. The fourth-order valence-corrected chi connectivity index (χ4v) is 3.56. The molecule has 1 atom stereocenters. The van der Waals surface area contributed by atoms with Crippen LogP contribution in [0, 0.1) is 11.2 Å². The van der Waals surface area contributed by atoms with Crippen LogP contribution in [-0.2, 0) is 0 Å². The first-order chi connectivity index (χ1) is 17.4. The average molecular weight is 494 g/mol. The smallest absolute Gasteiger partial charge is 0.350 e. The number of hydrogen-bond donors (Lipinski definition) is 4. The summed E-state index contributed by atoms with van der Waals surface area (Å²) < 4.78 is 32.7. The van der Waals surface area contributed by atoms with E-state index in [0.29, 0.717) is 11.3 Å². The van der Waals surface area contributed by atoms with Crippen molar-refractivity contribution in [2.75, 3.05) is 26.6 Å². The van der Waals surface area contributed by atoms with Crippen LogP contribution in [0.25, 0.3) is 5.95 Å². The lowest BCUT2D eigenvalue weighted by atomic mass is 10.0. The number of methoxy groups -OCH3 is 3. The van der Waals surface area contributed by atoms with Crippen LogP contribution in [0.4, 0.5) is 10.1 Å². The standard InChI is InChI=1S/C23H23FN8O4/c1-34-15-11-14(16(24)19(36-3)18(15)35-2)17(29-13-7-5-12(6-8-13)20(25)26)21-30-23(33)32(31-21)22-27-9-4-10-28-22/h4-11,17,29H,1-3H3,(H3,25,26)(H,30,31,33)/t17-/m0/s1. The van der Waals surface area contributed by atoms with Crippen molar-refractivity contribution in [2.45, 2.75) is 6.04 Å². The molecule has 4 aromatic rings. The molecule has 186 valence electrons. The molecule has 4 rings (SSSR count). The largest absolute Gasteiger partial charge is 0.493 e. The third-order valence-electron chi connectivity index (χ3n) is 5.27. The van der Waals surface area contributed by atoms with Gasteiger partial charge in [-0.2, -0.15) is 0 Å². The van der Waals surface area contributed by atoms with Crippen LogP contribution in [0.3, 0.4) is 0 Å². The van der Waals surface area contributed by atoms with Crippen molar-refractivity contribution >= 4 is 11.5 Å². The molecule has 0 saturated heterocycles. The second-order valence-corrected chi connectivity index (χ2v) is 7.39. The highest BCUT2D eigenvalue weighted by molar-refractivity contribution is 5.95. The molecule has 0 amide bonds. The Balaban J connectivity index is 1.88. The average Bonchev–Trinajstić information content (AvgIpc) is 3.29. The van der Waals surface area contributed by atoms with Gasteiger partial charge < -0.3 is 25.3 Å². The van der Waals surface area contributed by atoms with Crippen LogP contribution in [0.2, 0.25) is 0 Å². The lowest BCUT2D eigenvalue weighted by Gasteiger charge is -2.22. The highest BCUT2D eigenvalue weighted by Gasteiger charge is 2.29. The maximum Gasteiger partial charge on any atom is 0.350 e. The van der Waals surface area contributed by atoms with Crippen LogP contribution >= 0.6 is 0 Å². The van der Waals surface area contributed by atoms with Gasteiger partial charge >= 0.3 is 5.69 Å². The molecule has 0 aliphatic heterocycles. The van der Waals surface area contributed by atoms with Gasteiger partial charge in [0.15, 0.2) is 17.4 Å². The maximum absolute atomic E-state index is 15.8. The molecule has 13 heteroatoms. The number of aromatic amines is 1. The van der Waals surface area contributed by atoms with Gasteiger partial charge in [-0.15, -0.1) is 9.78 Å². The molecule has 0 fully saturated rings. The summed E-state index contributed by atoms with van der Waals surface area (Å²) in [5.74, 6) is -0.644. The first-order valence-corrected chi connectivity index (χ1v) is 10.5. The number of halogens is 1. The number of nitrogens with one attached hydrogen (secondary N) is 3. The Morgan fingerprint density at radius 1 is 1.11 bits per heavy atom. The van der Waals surface area contributed by atoms with Gasteiger partial charge in [-0.3, -0.25) is 10.4 Å². The highest BCUT2D eigenvalue weighted by atomic mass is 19.1. The minimum absolute atomic E-state index is 0.0416. The van der Waals surface area contributed by atoms with E-state index in [4.69, 9.17) is 25.4 Å². The Kier molecular flexibility index (Phi) is 6.81. The fourth-order valence-electron chi connectivity index (χ4n) is 3.56. The molecule has 2 heterocycles. The molecule has 0 bridgehead atoms. The van der Waals surface area contributed by atoms with Gasteiger partial charge in [0.2, 0.25) is 11.5 Å². The Morgan fingerprint density at radius 2 is 1.78 bits per heavy atom. The van der Waals surface area contributed by atoms with Gasteiger partial charge in [-0.25, -0.2) is 19.2 Å². The third-order valence-corrected chi connectivity index (χ3v) is 5.27. The number of benzene rings is 2. The first kappa shape index (κ1) is 24.2. The van der Waals surface area contributed by atoms with Gasteiger partial charge in [0.25, 0.3) is 5.95 Å². The van der Waals surface area contributed by atoms with Gasteiger partial charge in [-0.1, -0.05) is 0 Å². The van der Waals surface area contributed by atoms with E-state index in [1.165, 1.54) is 39.8 Å². The lowest BCUT2D eigenvalue weighted by molar-refractivity contribution is 0.310. The second-order valence-electron chi connectivity index (χ2n) is 7.39. The van der Waals surface area contributed by atoms with Crippen molar-refractivity contribution in [3.63, 3.8) is 0 Å². The Labute approximate surface area is 204 Å². The van der Waals surface area contributed by atoms with E-state index < -0.39 is 17.5 Å². The van der Waals surface area contributed by atoms with Crippen molar-refractivity contribution in [1.82, 2.24) is 24.7 Å². The summed E-state index contributed by atoms with van der Waals surface area (Å²) in [7, 11) is 4.08. The van der Waals surface area contributed by atoms with Crippen LogP contribution in [0.1, 0.15) is 23.0 Å². The van der Waals surface area contributed by atoms with Gasteiger partial charge in [0.1, 0.15) is 11.9 Å². The Bertz CT molecular complexity index is 1440. The van der Waals surface area contributed by atoms with Crippen molar-refractivity contribution in [3.05, 3.63) is 82.0 Å². The molecule has 2 aromatic heterocycles. The van der Waals surface area contributed by atoms with Gasteiger partial charge in [0.05, 0.1) is 21.3 Å². The van der Waals surface area contributed by atoms with Crippen molar-refractivity contribution in [2.24, 2.45) is 5.73 Å². The van der Waals surface area contributed by atoms with E-state index in [-0.39, 0.29) is 40.4 Å². The summed E-state index contributed by atoms with van der Waals surface area (Å²) >= 11 is 0. The van der Waals surface area contributed by atoms with Crippen LogP contribution in [0.15, 0.2) is 53.6 Å². The molecular formula is C23H23FN8O4. The molecule has 0 aliphatic carbocycles. The highest BCUT2D eigenvalue weighted by Crippen LogP contribution is 2.43. The van der Waals surface area contributed by atoms with E-state index in [1.807, 2.05) is 0 Å². The molecule has 0 aliphatic rings. The van der Waals surface area contributed by atoms with E-state index in [9.17, 15) is 4.79 Å². The molecule has 5 N–H and O–H groups in total. The summed E-state index contributed by atoms with van der Waals surface area (Å²) in [6.07, 6.45) is 2.93. The summed E-state index contributed by atoms with van der Waals surface area (Å²) in [5.41, 5.74) is 6.01. The molecule has 36 heavy (non-hydrogen) atoms. The van der Waals surface area contributed by atoms with Gasteiger partial charge in [0, 0.05) is 29.2 Å². The van der Waals surface area contributed by atoms with Crippen molar-refractivity contribution in [1.29, 1.82) is 5.41 Å². The molecular weight excluding hydrogens is 471 g/mol. The predicted octanol–water partition coefficient (Wildman–Crippen LogP) is 2.00. The normalized spacial score (nSPS) is 11.6.